The summed E-state index contributed by atoms with van der Waals surface area (Å²) in [5.41, 5.74) is 2.03. The van der Waals surface area contributed by atoms with E-state index in [1.165, 1.54) is 9.18 Å². The fourth-order valence-electron chi connectivity index (χ4n) is 4.53. The van der Waals surface area contributed by atoms with Gasteiger partial charge in [-0.25, -0.2) is 8.42 Å². The molecule has 0 spiro atoms. The number of amides is 1. The van der Waals surface area contributed by atoms with Crippen LogP contribution in [0.5, 0.6) is 11.5 Å². The van der Waals surface area contributed by atoms with Crippen LogP contribution in [0.25, 0.3) is 0 Å². The van der Waals surface area contributed by atoms with Crippen LogP contribution in [-0.2, 0) is 21.2 Å². The molecule has 0 fully saturated rings. The van der Waals surface area contributed by atoms with E-state index in [1.807, 2.05) is 56.5 Å². The van der Waals surface area contributed by atoms with Crippen LogP contribution in [0.3, 0.4) is 0 Å². The number of carbonyl (C=O) groups is 1. The number of aryl methyl sites for hydroxylation is 1. The first-order valence-electron chi connectivity index (χ1n) is 12.5. The molecule has 2 unspecified atom stereocenters. The van der Waals surface area contributed by atoms with Crippen molar-refractivity contribution in [1.29, 1.82) is 0 Å². The third-order valence-corrected chi connectivity index (χ3v) is 9.85. The second-order valence-electron chi connectivity index (χ2n) is 9.23. The Bertz CT molecular complexity index is 1320. The summed E-state index contributed by atoms with van der Waals surface area (Å²) in [5.74, 6) is 0.985. The minimum atomic E-state index is -3.85. The van der Waals surface area contributed by atoms with Crippen LogP contribution in [0, 0.1) is 6.92 Å². The molecule has 0 bridgehead atoms. The molecule has 37 heavy (non-hydrogen) atoms. The summed E-state index contributed by atoms with van der Waals surface area (Å²) < 4.78 is 40.1. The number of benzene rings is 2. The molecule has 2 aromatic carbocycles. The molecule has 0 N–H and O–H groups in total. The number of nitrogens with zero attached hydrogens (tertiary/aromatic N) is 2. The van der Waals surface area contributed by atoms with E-state index in [2.05, 4.69) is 0 Å². The van der Waals surface area contributed by atoms with Crippen molar-refractivity contribution in [2.75, 3.05) is 26.8 Å². The fourth-order valence-corrected chi connectivity index (χ4v) is 7.11. The van der Waals surface area contributed by atoms with Crippen molar-refractivity contribution in [2.45, 2.75) is 50.6 Å². The van der Waals surface area contributed by atoms with Crippen LogP contribution in [-0.4, -0.2) is 56.4 Å². The van der Waals surface area contributed by atoms with Gasteiger partial charge in [0.15, 0.2) is 11.5 Å². The average molecular weight is 543 g/mol. The molecule has 198 valence electrons. The summed E-state index contributed by atoms with van der Waals surface area (Å²) in [7, 11) is -2.26. The average Bonchev–Trinajstić information content (AvgIpc) is 3.39. The summed E-state index contributed by atoms with van der Waals surface area (Å²) >= 11 is 1.67. The van der Waals surface area contributed by atoms with Crippen molar-refractivity contribution in [3.63, 3.8) is 0 Å². The van der Waals surface area contributed by atoms with E-state index in [-0.39, 0.29) is 36.0 Å². The minimum absolute atomic E-state index is 0.195. The maximum atomic E-state index is 13.8. The van der Waals surface area contributed by atoms with Crippen LogP contribution in [0.4, 0.5) is 0 Å². The van der Waals surface area contributed by atoms with Gasteiger partial charge in [0.2, 0.25) is 15.9 Å². The number of carbonyl (C=O) groups excluding carboxylic acids is 1. The van der Waals surface area contributed by atoms with Crippen molar-refractivity contribution in [1.82, 2.24) is 9.21 Å². The van der Waals surface area contributed by atoms with Gasteiger partial charge in [0, 0.05) is 17.5 Å². The lowest BCUT2D eigenvalue weighted by molar-refractivity contribution is -0.135. The topological polar surface area (TPSA) is 76.2 Å². The maximum absolute atomic E-state index is 13.8. The summed E-state index contributed by atoms with van der Waals surface area (Å²) in [6.45, 7) is 6.20. The van der Waals surface area contributed by atoms with Gasteiger partial charge in [0.1, 0.15) is 6.61 Å². The van der Waals surface area contributed by atoms with Gasteiger partial charge in [-0.05, 0) is 68.0 Å². The molecule has 1 aliphatic rings. The smallest absolute Gasteiger partial charge is 0.243 e. The Morgan fingerprint density at radius 3 is 2.51 bits per heavy atom. The van der Waals surface area contributed by atoms with E-state index < -0.39 is 10.0 Å². The summed E-state index contributed by atoms with van der Waals surface area (Å²) in [5, 5.41) is 2.03. The second-order valence-corrected chi connectivity index (χ2v) is 12.1. The molecule has 0 radical (unpaired) electrons. The molecule has 2 heterocycles. The maximum Gasteiger partial charge on any atom is 0.243 e. The van der Waals surface area contributed by atoms with Gasteiger partial charge in [0.25, 0.3) is 0 Å². The summed E-state index contributed by atoms with van der Waals surface area (Å²) in [6.07, 6.45) is 1.32. The number of thiophene rings is 1. The van der Waals surface area contributed by atoms with Crippen LogP contribution in [0.15, 0.2) is 64.9 Å². The molecule has 4 rings (SSSR count). The Morgan fingerprint density at radius 1 is 1.14 bits per heavy atom. The predicted octanol–water partition coefficient (Wildman–Crippen LogP) is 5.06. The highest BCUT2D eigenvalue weighted by Gasteiger charge is 2.36. The first kappa shape index (κ1) is 27.2. The van der Waals surface area contributed by atoms with E-state index in [0.29, 0.717) is 24.5 Å². The Labute approximate surface area is 223 Å². The lowest BCUT2D eigenvalue weighted by Gasteiger charge is -2.37. The minimum Gasteiger partial charge on any atom is -0.493 e. The van der Waals surface area contributed by atoms with Crippen LogP contribution >= 0.6 is 11.3 Å². The van der Waals surface area contributed by atoms with E-state index in [0.717, 1.165) is 17.5 Å². The van der Waals surface area contributed by atoms with E-state index >= 15 is 0 Å². The molecule has 7 nitrogen and oxygen atoms in total. The van der Waals surface area contributed by atoms with Gasteiger partial charge in [-0.2, -0.15) is 4.31 Å². The molecular weight excluding hydrogens is 508 g/mol. The Balaban J connectivity index is 1.60. The second kappa shape index (κ2) is 11.7. The molecular formula is C28H34N2O5S2. The van der Waals surface area contributed by atoms with Crippen molar-refractivity contribution in [3.05, 3.63) is 76.0 Å². The highest BCUT2D eigenvalue weighted by molar-refractivity contribution is 7.89. The number of para-hydroxylation sites is 2. The Morgan fingerprint density at radius 2 is 1.84 bits per heavy atom. The molecule has 2 atom stereocenters. The fraction of sp³-hybridized carbons (Fsp3) is 0.393. The van der Waals surface area contributed by atoms with E-state index in [9.17, 15) is 13.2 Å². The summed E-state index contributed by atoms with van der Waals surface area (Å²) in [4.78, 5) is 17.0. The van der Waals surface area contributed by atoms with Gasteiger partial charge in [0.05, 0.1) is 24.6 Å². The third-order valence-electron chi connectivity index (χ3n) is 6.88. The first-order valence-corrected chi connectivity index (χ1v) is 14.8. The Hall–Kier alpha value is -2.88. The molecule has 1 aliphatic heterocycles. The third kappa shape index (κ3) is 5.84. The highest BCUT2D eigenvalue weighted by atomic mass is 32.2. The predicted molar refractivity (Wildman–Crippen MR) is 146 cm³/mol. The molecule has 3 aromatic rings. The number of ether oxygens (including phenoxy) is 2. The molecule has 9 heteroatoms. The normalized spacial score (nSPS) is 16.4. The molecule has 1 aromatic heterocycles. The van der Waals surface area contributed by atoms with Crippen LogP contribution in [0.2, 0.25) is 0 Å². The summed E-state index contributed by atoms with van der Waals surface area (Å²) in [6, 6.07) is 15.5. The Kier molecular flexibility index (Phi) is 8.56. The lowest BCUT2D eigenvalue weighted by Crippen LogP contribution is -2.49. The SMILES string of the molecule is CCC(C)N(CC(=O)N1CCc2sccc2C1COc1ccccc1OC)S(=O)(=O)c1ccc(C)cc1. The number of methoxy groups -OCH3 is 1. The van der Waals surface area contributed by atoms with Gasteiger partial charge in [-0.1, -0.05) is 36.8 Å². The van der Waals surface area contributed by atoms with Gasteiger partial charge >= 0.3 is 0 Å². The molecule has 0 aliphatic carbocycles. The van der Waals surface area contributed by atoms with Crippen molar-refractivity contribution < 1.29 is 22.7 Å². The number of hydrogen-bond acceptors (Lipinski definition) is 6. The van der Waals surface area contributed by atoms with Crippen molar-refractivity contribution in [3.8, 4) is 11.5 Å². The van der Waals surface area contributed by atoms with Crippen LogP contribution < -0.4 is 9.47 Å². The molecule has 1 amide bonds. The zero-order valence-electron chi connectivity index (χ0n) is 21.7. The first-order chi connectivity index (χ1) is 17.8. The number of fused-ring (bicyclic) bond motifs is 1. The van der Waals surface area contributed by atoms with Crippen molar-refractivity contribution in [2.24, 2.45) is 0 Å². The van der Waals surface area contributed by atoms with E-state index in [4.69, 9.17) is 9.47 Å². The lowest BCUT2D eigenvalue weighted by atomic mass is 10.0. The quantitative estimate of drug-likeness (QED) is 0.358. The number of hydrogen-bond donors (Lipinski definition) is 0. The zero-order chi connectivity index (χ0) is 26.6. The monoisotopic (exact) mass is 542 g/mol. The number of rotatable bonds is 10. The molecule has 0 saturated carbocycles. The van der Waals surface area contributed by atoms with Crippen LogP contribution in [0.1, 0.15) is 42.3 Å². The molecule has 0 saturated heterocycles. The standard InChI is InChI=1S/C28H34N2O5S2/c1-5-21(3)30(37(32,33)22-12-10-20(2)11-13-22)18-28(31)29-16-14-27-23(15-17-36-27)24(29)19-35-26-9-7-6-8-25(26)34-4/h6-13,15,17,21,24H,5,14,16,18-19H2,1-4H3. The van der Waals surface area contributed by atoms with Gasteiger partial charge in [-0.3, -0.25) is 4.79 Å². The van der Waals surface area contributed by atoms with Gasteiger partial charge < -0.3 is 14.4 Å². The highest BCUT2D eigenvalue weighted by Crippen LogP contribution is 2.35. The van der Waals surface area contributed by atoms with E-state index in [1.54, 1.807) is 47.6 Å². The largest absolute Gasteiger partial charge is 0.493 e. The zero-order valence-corrected chi connectivity index (χ0v) is 23.3. The van der Waals surface area contributed by atoms with Crippen molar-refractivity contribution >= 4 is 27.3 Å². The number of sulfonamides is 1. The van der Waals surface area contributed by atoms with Gasteiger partial charge in [-0.15, -0.1) is 11.3 Å².